The normalized spacial score (nSPS) is 29.3. The van der Waals surface area contributed by atoms with Crippen LogP contribution in [0.25, 0.3) is 0 Å². The minimum atomic E-state index is -1.18. The first-order chi connectivity index (χ1) is 15.4. The summed E-state index contributed by atoms with van der Waals surface area (Å²) in [5.41, 5.74) is -0.0240. The van der Waals surface area contributed by atoms with Crippen molar-refractivity contribution >= 4 is 41.4 Å². The molecule has 0 saturated carbocycles. The predicted octanol–water partition coefficient (Wildman–Crippen LogP) is -1.10. The second-order valence-corrected chi connectivity index (χ2v) is 10.5. The lowest BCUT2D eigenvalue weighted by Gasteiger charge is -2.47. The molecular weight excluding hydrogens is 450 g/mol. The van der Waals surface area contributed by atoms with Gasteiger partial charge in [0.05, 0.1) is 18.0 Å². The fourth-order valence-electron chi connectivity index (χ4n) is 4.73. The lowest BCUT2D eigenvalue weighted by Crippen LogP contribution is -2.66. The van der Waals surface area contributed by atoms with Crippen LogP contribution in [0.4, 0.5) is 0 Å². The second-order valence-electron chi connectivity index (χ2n) is 9.16. The number of likely N-dealkylation sites (N-methyl/N-ethyl adjacent to an activating group) is 2. The summed E-state index contributed by atoms with van der Waals surface area (Å²) in [7, 11) is 6.31. The van der Waals surface area contributed by atoms with E-state index in [0.717, 1.165) is 4.90 Å². The maximum Gasteiger partial charge on any atom is 0.353 e. The predicted molar refractivity (Wildman–Crippen MR) is 121 cm³/mol. The highest BCUT2D eigenvalue weighted by atomic mass is 32.2. The molecule has 0 bridgehead atoms. The van der Waals surface area contributed by atoms with Crippen LogP contribution in [-0.4, -0.2) is 108 Å². The summed E-state index contributed by atoms with van der Waals surface area (Å²) in [5, 5.41) is 15.6. The van der Waals surface area contributed by atoms with Crippen LogP contribution in [0.3, 0.4) is 0 Å². The number of carbonyl (C=O) groups is 5. The van der Waals surface area contributed by atoms with Gasteiger partial charge in [0.2, 0.25) is 11.8 Å². The topological polar surface area (TPSA) is 139 Å². The van der Waals surface area contributed by atoms with E-state index in [0.29, 0.717) is 17.9 Å². The van der Waals surface area contributed by atoms with Gasteiger partial charge in [-0.2, -0.15) is 0 Å². The summed E-state index contributed by atoms with van der Waals surface area (Å²) >= 11 is 1.40. The number of hydrogen-bond donors (Lipinski definition) is 3. The van der Waals surface area contributed by atoms with Crippen molar-refractivity contribution in [2.24, 2.45) is 11.8 Å². The number of nitrogens with zero attached hydrogens (tertiary/aromatic N) is 3. The molecule has 3 N–H and O–H groups in total. The second kappa shape index (κ2) is 9.34. The Morgan fingerprint density at radius 3 is 2.36 bits per heavy atom. The van der Waals surface area contributed by atoms with Gasteiger partial charge >= 0.3 is 17.8 Å². The largest absolute Gasteiger partial charge is 0.477 e. The fraction of sp³-hybridized carbons (Fsp3) is 0.667. The van der Waals surface area contributed by atoms with E-state index in [1.54, 1.807) is 21.0 Å². The van der Waals surface area contributed by atoms with E-state index in [1.807, 2.05) is 6.92 Å². The third-order valence-electron chi connectivity index (χ3n) is 6.41. The number of rotatable bonds is 6. The van der Waals surface area contributed by atoms with Crippen LogP contribution >= 0.6 is 11.8 Å². The highest BCUT2D eigenvalue weighted by molar-refractivity contribution is 8.03. The van der Waals surface area contributed by atoms with Crippen molar-refractivity contribution in [3.63, 3.8) is 0 Å². The molecule has 0 aromatic carbocycles. The van der Waals surface area contributed by atoms with E-state index in [9.17, 15) is 29.1 Å². The van der Waals surface area contributed by atoms with Crippen molar-refractivity contribution in [2.45, 2.75) is 43.6 Å². The molecule has 0 spiro atoms. The van der Waals surface area contributed by atoms with Gasteiger partial charge < -0.3 is 30.4 Å². The zero-order chi connectivity index (χ0) is 24.8. The molecule has 3 rings (SSSR count). The minimum Gasteiger partial charge on any atom is -0.477 e. The van der Waals surface area contributed by atoms with E-state index >= 15 is 0 Å². The Morgan fingerprint density at radius 2 is 1.82 bits per heavy atom. The molecule has 6 atom stereocenters. The number of carboxylic acids is 1. The van der Waals surface area contributed by atoms with Gasteiger partial charge in [0.15, 0.2) is 0 Å². The summed E-state index contributed by atoms with van der Waals surface area (Å²) in [6, 6.07) is -1.37. The van der Waals surface area contributed by atoms with Crippen molar-refractivity contribution in [3.8, 4) is 0 Å². The molecular formula is C21H31N5O6S. The number of aliphatic carboxylic acids is 1. The highest BCUT2D eigenvalue weighted by Crippen LogP contribution is 2.51. The third kappa shape index (κ3) is 4.45. The maximum absolute atomic E-state index is 12.9. The van der Waals surface area contributed by atoms with Gasteiger partial charge in [-0.15, -0.1) is 11.8 Å². The molecule has 0 aromatic rings. The molecule has 2 fully saturated rings. The molecule has 0 aliphatic carbocycles. The molecule has 2 saturated heterocycles. The average Bonchev–Trinajstić information content (AvgIpc) is 3.28. The van der Waals surface area contributed by atoms with Crippen LogP contribution in [0.5, 0.6) is 0 Å². The Bertz CT molecular complexity index is 919. The van der Waals surface area contributed by atoms with E-state index in [4.69, 9.17) is 0 Å². The number of carbonyl (C=O) groups excluding carboxylic acids is 4. The maximum atomic E-state index is 12.9. The van der Waals surface area contributed by atoms with Gasteiger partial charge in [-0.05, 0) is 13.3 Å². The highest BCUT2D eigenvalue weighted by Gasteiger charge is 2.60. The quantitative estimate of drug-likeness (QED) is 0.321. The Morgan fingerprint density at radius 1 is 1.18 bits per heavy atom. The van der Waals surface area contributed by atoms with Gasteiger partial charge in [0.25, 0.3) is 0 Å². The third-order valence-corrected chi connectivity index (χ3v) is 7.92. The van der Waals surface area contributed by atoms with Crippen molar-refractivity contribution in [3.05, 3.63) is 10.6 Å². The number of amides is 4. The first-order valence-corrected chi connectivity index (χ1v) is 11.7. The zero-order valence-electron chi connectivity index (χ0n) is 19.6. The van der Waals surface area contributed by atoms with E-state index < -0.39 is 35.8 Å². The van der Waals surface area contributed by atoms with Gasteiger partial charge in [-0.1, -0.05) is 6.92 Å². The molecule has 3 aliphatic heterocycles. The number of β-lactam (4-membered cyclic amide) rings is 1. The monoisotopic (exact) mass is 481 g/mol. The van der Waals surface area contributed by atoms with Crippen molar-refractivity contribution < 1.29 is 29.1 Å². The standard InChI is InChI=1S/C21H31N5O6S/c1-9-14-13(10(2)23-17(27)20(30)25(5)6)19(29)26(14)15(21(31)32)16(9)33-11-7-12(22-8-11)18(28)24(3)4/h9-14,22H,7-8H2,1-6H3,(H,23,27)(H,31,32)/t9-,10?,11+,12+,13-,14-/m1/s1. The fourth-order valence-corrected chi connectivity index (χ4v) is 6.21. The van der Waals surface area contributed by atoms with Crippen molar-refractivity contribution in [1.82, 2.24) is 25.3 Å². The first-order valence-electron chi connectivity index (χ1n) is 10.8. The van der Waals surface area contributed by atoms with Crippen LogP contribution in [0.1, 0.15) is 20.3 Å². The van der Waals surface area contributed by atoms with Crippen LogP contribution in [0, 0.1) is 11.8 Å². The van der Waals surface area contributed by atoms with Crippen LogP contribution in [0.2, 0.25) is 0 Å². The summed E-state index contributed by atoms with van der Waals surface area (Å²) in [4.78, 5) is 65.9. The Labute approximate surface area is 196 Å². The molecule has 3 heterocycles. The van der Waals surface area contributed by atoms with E-state index in [1.165, 1.54) is 35.7 Å². The number of nitrogens with one attached hydrogen (secondary N) is 2. The number of carboxylic acid groups (broad SMARTS) is 1. The molecule has 33 heavy (non-hydrogen) atoms. The smallest absolute Gasteiger partial charge is 0.353 e. The molecule has 0 radical (unpaired) electrons. The lowest BCUT2D eigenvalue weighted by molar-refractivity contribution is -0.159. The summed E-state index contributed by atoms with van der Waals surface area (Å²) in [6.45, 7) is 4.08. The number of fused-ring (bicyclic) bond motifs is 1. The van der Waals surface area contributed by atoms with Gasteiger partial charge in [-0.25, -0.2) is 4.79 Å². The van der Waals surface area contributed by atoms with E-state index in [-0.39, 0.29) is 34.7 Å². The Kier molecular flexibility index (Phi) is 7.08. The number of hydrogen-bond acceptors (Lipinski definition) is 7. The Hall–Kier alpha value is -2.60. The van der Waals surface area contributed by atoms with Crippen LogP contribution < -0.4 is 10.6 Å². The van der Waals surface area contributed by atoms with Crippen LogP contribution in [-0.2, 0) is 24.0 Å². The molecule has 0 aromatic heterocycles. The van der Waals surface area contributed by atoms with Gasteiger partial charge in [0.1, 0.15) is 5.70 Å². The van der Waals surface area contributed by atoms with Gasteiger partial charge in [-0.3, -0.25) is 19.2 Å². The average molecular weight is 482 g/mol. The summed E-state index contributed by atoms with van der Waals surface area (Å²) in [6.07, 6.45) is 0.561. The molecule has 12 heteroatoms. The molecule has 182 valence electrons. The van der Waals surface area contributed by atoms with Crippen molar-refractivity contribution in [2.75, 3.05) is 34.7 Å². The van der Waals surface area contributed by atoms with Crippen LogP contribution in [0.15, 0.2) is 10.6 Å². The number of thioether (sulfide) groups is 1. The summed E-state index contributed by atoms with van der Waals surface area (Å²) < 4.78 is 0. The van der Waals surface area contributed by atoms with Gasteiger partial charge in [0, 0.05) is 56.9 Å². The molecule has 4 amide bonds. The molecule has 3 aliphatic rings. The minimum absolute atomic E-state index is 0.00667. The first kappa shape index (κ1) is 25.0. The lowest BCUT2D eigenvalue weighted by atomic mass is 9.78. The molecule has 11 nitrogen and oxygen atoms in total. The zero-order valence-corrected chi connectivity index (χ0v) is 20.4. The SMILES string of the molecule is CC(NC(=O)C(=O)N(C)C)[C@H]1C(=O)N2C(C(=O)O)=C(S[C@@H]3CN[C@H](C(=O)N(C)C)C3)[C@H](C)[C@H]12. The molecule has 1 unspecified atom stereocenters. The Balaban J connectivity index is 1.74. The summed E-state index contributed by atoms with van der Waals surface area (Å²) in [5.74, 6) is -3.99. The van der Waals surface area contributed by atoms with Crippen molar-refractivity contribution in [1.29, 1.82) is 0 Å². The van der Waals surface area contributed by atoms with E-state index in [2.05, 4.69) is 10.6 Å².